The third kappa shape index (κ3) is 2.54. The minimum Gasteiger partial charge on any atom is -0.508 e. The Bertz CT molecular complexity index is 483. The zero-order valence-electron chi connectivity index (χ0n) is 11.0. The van der Waals surface area contributed by atoms with Gasteiger partial charge in [0, 0.05) is 19.4 Å². The van der Waals surface area contributed by atoms with Gasteiger partial charge in [-0.3, -0.25) is 4.79 Å². The SMILES string of the molecule is CCOC(=O)[C@H]1[C@@H](c2ccc(O)cc2)CC(=O)N1C. The smallest absolute Gasteiger partial charge is 0.329 e. The molecule has 0 radical (unpaired) electrons. The van der Waals surface area contributed by atoms with Crippen molar-refractivity contribution in [1.82, 2.24) is 4.90 Å². The number of hydrogen-bond acceptors (Lipinski definition) is 4. The topological polar surface area (TPSA) is 66.8 Å². The van der Waals surface area contributed by atoms with Crippen LogP contribution in [0.15, 0.2) is 24.3 Å². The fraction of sp³-hybridized carbons (Fsp3) is 0.429. The summed E-state index contributed by atoms with van der Waals surface area (Å²) in [5.74, 6) is -0.517. The van der Waals surface area contributed by atoms with E-state index in [4.69, 9.17) is 4.74 Å². The van der Waals surface area contributed by atoms with Gasteiger partial charge in [-0.2, -0.15) is 0 Å². The highest BCUT2D eigenvalue weighted by molar-refractivity contribution is 5.90. The highest BCUT2D eigenvalue weighted by Crippen LogP contribution is 2.34. The van der Waals surface area contributed by atoms with Crippen LogP contribution >= 0.6 is 0 Å². The number of nitrogens with zero attached hydrogens (tertiary/aromatic N) is 1. The third-order valence-corrected chi connectivity index (χ3v) is 3.44. The monoisotopic (exact) mass is 263 g/mol. The van der Waals surface area contributed by atoms with E-state index in [2.05, 4.69) is 0 Å². The molecular formula is C14H17NO4. The predicted molar refractivity (Wildman–Crippen MR) is 68.7 cm³/mol. The van der Waals surface area contributed by atoms with Gasteiger partial charge in [-0.25, -0.2) is 4.79 Å². The number of rotatable bonds is 3. The van der Waals surface area contributed by atoms with Gasteiger partial charge in [-0.05, 0) is 24.6 Å². The number of benzene rings is 1. The van der Waals surface area contributed by atoms with Gasteiger partial charge >= 0.3 is 5.97 Å². The summed E-state index contributed by atoms with van der Waals surface area (Å²) in [7, 11) is 1.62. The highest BCUT2D eigenvalue weighted by Gasteiger charge is 2.43. The van der Waals surface area contributed by atoms with Gasteiger partial charge < -0.3 is 14.7 Å². The maximum absolute atomic E-state index is 12.0. The fourth-order valence-electron chi connectivity index (χ4n) is 2.44. The van der Waals surface area contributed by atoms with Crippen molar-refractivity contribution < 1.29 is 19.4 Å². The standard InChI is InChI=1S/C14H17NO4/c1-3-19-14(18)13-11(8-12(17)15(13)2)9-4-6-10(16)7-5-9/h4-7,11,13,16H,3,8H2,1-2H3/t11-,13-/m1/s1. The molecule has 2 rings (SSSR count). The number of phenols is 1. The predicted octanol–water partition coefficient (Wildman–Crippen LogP) is 1.27. The second-order valence-corrected chi connectivity index (χ2v) is 4.60. The van der Waals surface area contributed by atoms with Crippen molar-refractivity contribution in [3.8, 4) is 5.75 Å². The number of ether oxygens (including phenoxy) is 1. The molecule has 0 bridgehead atoms. The maximum atomic E-state index is 12.0. The van der Waals surface area contributed by atoms with Crippen molar-refractivity contribution in [2.75, 3.05) is 13.7 Å². The second kappa shape index (κ2) is 5.30. The van der Waals surface area contributed by atoms with E-state index in [1.54, 1.807) is 38.2 Å². The number of phenolic OH excluding ortho intramolecular Hbond substituents is 1. The van der Waals surface area contributed by atoms with Crippen LogP contribution in [-0.2, 0) is 14.3 Å². The van der Waals surface area contributed by atoms with Crippen LogP contribution in [0.5, 0.6) is 5.75 Å². The van der Waals surface area contributed by atoms with E-state index >= 15 is 0 Å². The van der Waals surface area contributed by atoms with Crippen LogP contribution in [0.2, 0.25) is 0 Å². The molecule has 1 aromatic rings. The molecule has 0 unspecified atom stereocenters. The molecule has 1 heterocycles. The van der Waals surface area contributed by atoms with Gasteiger partial charge in [-0.15, -0.1) is 0 Å². The highest BCUT2D eigenvalue weighted by atomic mass is 16.5. The molecule has 0 aliphatic carbocycles. The normalized spacial score (nSPS) is 22.6. The molecule has 1 aliphatic rings. The first kappa shape index (κ1) is 13.4. The van der Waals surface area contributed by atoms with Gasteiger partial charge in [0.2, 0.25) is 5.91 Å². The first-order valence-corrected chi connectivity index (χ1v) is 6.25. The van der Waals surface area contributed by atoms with E-state index in [9.17, 15) is 14.7 Å². The van der Waals surface area contributed by atoms with E-state index in [1.165, 1.54) is 4.90 Å². The van der Waals surface area contributed by atoms with Crippen LogP contribution < -0.4 is 0 Å². The second-order valence-electron chi connectivity index (χ2n) is 4.60. The molecule has 2 atom stereocenters. The Morgan fingerprint density at radius 2 is 2.05 bits per heavy atom. The van der Waals surface area contributed by atoms with Gasteiger partial charge in [0.15, 0.2) is 0 Å². The summed E-state index contributed by atoms with van der Waals surface area (Å²) in [4.78, 5) is 25.2. The van der Waals surface area contributed by atoms with E-state index in [0.717, 1.165) is 5.56 Å². The quantitative estimate of drug-likeness (QED) is 0.834. The number of hydrogen-bond donors (Lipinski definition) is 1. The molecule has 1 N–H and O–H groups in total. The summed E-state index contributed by atoms with van der Waals surface area (Å²) in [5.41, 5.74) is 0.855. The van der Waals surface area contributed by atoms with Gasteiger partial charge in [0.1, 0.15) is 11.8 Å². The number of amides is 1. The molecule has 1 fully saturated rings. The molecule has 5 heteroatoms. The molecule has 0 aromatic heterocycles. The molecule has 5 nitrogen and oxygen atoms in total. The van der Waals surface area contributed by atoms with Crippen molar-refractivity contribution in [2.45, 2.75) is 25.3 Å². The summed E-state index contributed by atoms with van der Waals surface area (Å²) in [6, 6.07) is 6.00. The first-order chi connectivity index (χ1) is 9.04. The van der Waals surface area contributed by atoms with Crippen molar-refractivity contribution in [3.05, 3.63) is 29.8 Å². The summed E-state index contributed by atoms with van der Waals surface area (Å²) in [6.45, 7) is 2.03. The first-order valence-electron chi connectivity index (χ1n) is 6.25. The lowest BCUT2D eigenvalue weighted by Crippen LogP contribution is -2.39. The minimum atomic E-state index is -0.586. The third-order valence-electron chi connectivity index (χ3n) is 3.44. The molecule has 1 aliphatic heterocycles. The molecule has 1 saturated heterocycles. The molecule has 102 valence electrons. The lowest BCUT2D eigenvalue weighted by molar-refractivity contribution is -0.150. The fourth-order valence-corrected chi connectivity index (χ4v) is 2.44. The number of esters is 1. The molecule has 19 heavy (non-hydrogen) atoms. The Labute approximate surface area is 111 Å². The van der Waals surface area contributed by atoms with Gasteiger partial charge in [0.25, 0.3) is 0 Å². The van der Waals surface area contributed by atoms with E-state index in [1.807, 2.05) is 0 Å². The van der Waals surface area contributed by atoms with Crippen LogP contribution in [0.1, 0.15) is 24.8 Å². The Morgan fingerprint density at radius 3 is 2.63 bits per heavy atom. The molecule has 1 aromatic carbocycles. The average molecular weight is 263 g/mol. The summed E-state index contributed by atoms with van der Waals surface area (Å²) >= 11 is 0. The van der Waals surface area contributed by atoms with Crippen LogP contribution in [0.4, 0.5) is 0 Å². The number of likely N-dealkylation sites (tertiary alicyclic amines) is 1. The van der Waals surface area contributed by atoms with E-state index in [0.29, 0.717) is 6.61 Å². The summed E-state index contributed by atoms with van der Waals surface area (Å²) in [6.07, 6.45) is 0.282. The van der Waals surface area contributed by atoms with Crippen LogP contribution in [0, 0.1) is 0 Å². The van der Waals surface area contributed by atoms with Crippen LogP contribution in [0.3, 0.4) is 0 Å². The average Bonchev–Trinajstić information content (AvgIpc) is 2.67. The zero-order valence-corrected chi connectivity index (χ0v) is 11.0. The van der Waals surface area contributed by atoms with Crippen molar-refractivity contribution in [3.63, 3.8) is 0 Å². The Morgan fingerprint density at radius 1 is 1.42 bits per heavy atom. The Hall–Kier alpha value is -2.04. The number of aromatic hydroxyl groups is 1. The summed E-state index contributed by atoms with van der Waals surface area (Å²) in [5, 5.41) is 9.29. The zero-order chi connectivity index (χ0) is 14.0. The maximum Gasteiger partial charge on any atom is 0.329 e. The van der Waals surface area contributed by atoms with Crippen molar-refractivity contribution >= 4 is 11.9 Å². The Kier molecular flexibility index (Phi) is 3.74. The molecular weight excluding hydrogens is 246 g/mol. The van der Waals surface area contributed by atoms with E-state index < -0.39 is 6.04 Å². The molecule has 1 amide bonds. The number of carbonyl (C=O) groups is 2. The van der Waals surface area contributed by atoms with Crippen LogP contribution in [-0.4, -0.2) is 41.6 Å². The van der Waals surface area contributed by atoms with Crippen molar-refractivity contribution in [2.24, 2.45) is 0 Å². The number of likely N-dealkylation sites (N-methyl/N-ethyl adjacent to an activating group) is 1. The summed E-state index contributed by atoms with van der Waals surface area (Å²) < 4.78 is 5.04. The van der Waals surface area contributed by atoms with Crippen LogP contribution in [0.25, 0.3) is 0 Å². The largest absolute Gasteiger partial charge is 0.508 e. The van der Waals surface area contributed by atoms with Gasteiger partial charge in [0.05, 0.1) is 6.61 Å². The molecule has 0 spiro atoms. The lowest BCUT2D eigenvalue weighted by atomic mass is 9.91. The number of carbonyl (C=O) groups excluding carboxylic acids is 2. The Balaban J connectivity index is 2.29. The lowest BCUT2D eigenvalue weighted by Gasteiger charge is -2.23. The van der Waals surface area contributed by atoms with Crippen molar-refractivity contribution in [1.29, 1.82) is 0 Å². The van der Waals surface area contributed by atoms with Gasteiger partial charge in [-0.1, -0.05) is 12.1 Å². The minimum absolute atomic E-state index is 0.0730. The molecule has 0 saturated carbocycles. The van der Waals surface area contributed by atoms with E-state index in [-0.39, 0.29) is 30.0 Å².